The van der Waals surface area contributed by atoms with Crippen molar-refractivity contribution in [1.82, 2.24) is 15.3 Å². The minimum absolute atomic E-state index is 0.0632. The number of nitrogens with one attached hydrogen (secondary N) is 1. The zero-order chi connectivity index (χ0) is 25.0. The normalized spacial score (nSPS) is 17.8. The van der Waals surface area contributed by atoms with Crippen molar-refractivity contribution in [3.63, 3.8) is 0 Å². The molecule has 36 heavy (non-hydrogen) atoms. The highest BCUT2D eigenvalue weighted by Crippen LogP contribution is 2.47. The number of carbonyl (C=O) groups is 1. The third kappa shape index (κ3) is 4.88. The van der Waals surface area contributed by atoms with Crippen LogP contribution < -0.4 is 10.2 Å². The maximum Gasteiger partial charge on any atom is 0.255 e. The number of rotatable bonds is 7. The van der Waals surface area contributed by atoms with Gasteiger partial charge in [-0.15, -0.1) is 0 Å². The van der Waals surface area contributed by atoms with Crippen molar-refractivity contribution < 1.29 is 4.79 Å². The lowest BCUT2D eigenvalue weighted by molar-refractivity contribution is 0.0946. The van der Waals surface area contributed by atoms with Gasteiger partial charge in [-0.1, -0.05) is 87.4 Å². The van der Waals surface area contributed by atoms with Crippen LogP contribution in [0.3, 0.4) is 0 Å². The highest BCUT2D eigenvalue weighted by Gasteiger charge is 2.43. The Morgan fingerprint density at radius 1 is 0.972 bits per heavy atom. The zero-order valence-corrected chi connectivity index (χ0v) is 21.7. The SMILES string of the molecule is CCc1nc(N2CCC(C)CC2)nc(C2(c3ccccc3)CCCC2)c1C(=O)NCc1ccccc1. The van der Waals surface area contributed by atoms with Gasteiger partial charge in [0.2, 0.25) is 5.95 Å². The Labute approximate surface area is 215 Å². The second-order valence-electron chi connectivity index (χ2n) is 10.5. The largest absolute Gasteiger partial charge is 0.348 e. The van der Waals surface area contributed by atoms with Crippen LogP contribution in [0.25, 0.3) is 0 Å². The van der Waals surface area contributed by atoms with Crippen LogP contribution in [-0.4, -0.2) is 29.0 Å². The van der Waals surface area contributed by atoms with E-state index in [1.807, 2.05) is 30.3 Å². The number of nitrogens with zero attached hydrogens (tertiary/aromatic N) is 3. The van der Waals surface area contributed by atoms with E-state index in [-0.39, 0.29) is 11.3 Å². The highest BCUT2D eigenvalue weighted by molar-refractivity contribution is 5.97. The Bertz CT molecular complexity index is 1160. The number of piperidine rings is 1. The van der Waals surface area contributed by atoms with Crippen LogP contribution in [0.2, 0.25) is 0 Å². The van der Waals surface area contributed by atoms with E-state index in [1.165, 1.54) is 5.56 Å². The first-order valence-electron chi connectivity index (χ1n) is 13.6. The Balaban J connectivity index is 1.61. The molecule has 3 aromatic rings. The average Bonchev–Trinajstić information content (AvgIpc) is 3.44. The van der Waals surface area contributed by atoms with Gasteiger partial charge in [0.25, 0.3) is 5.91 Å². The molecule has 1 aliphatic heterocycles. The predicted molar refractivity (Wildman–Crippen MR) is 145 cm³/mol. The van der Waals surface area contributed by atoms with Gasteiger partial charge in [-0.2, -0.15) is 0 Å². The fourth-order valence-corrected chi connectivity index (χ4v) is 5.95. The summed E-state index contributed by atoms with van der Waals surface area (Å²) in [6.45, 7) is 6.87. The lowest BCUT2D eigenvalue weighted by Gasteiger charge is -2.35. The van der Waals surface area contributed by atoms with Crippen LogP contribution in [-0.2, 0) is 18.4 Å². The Morgan fingerprint density at radius 2 is 1.61 bits per heavy atom. The van der Waals surface area contributed by atoms with E-state index in [2.05, 4.69) is 54.4 Å². The molecule has 2 fully saturated rings. The van der Waals surface area contributed by atoms with Gasteiger partial charge in [-0.25, -0.2) is 9.97 Å². The molecule has 1 aromatic heterocycles. The predicted octanol–water partition coefficient (Wildman–Crippen LogP) is 6.07. The molecule has 0 spiro atoms. The molecule has 0 radical (unpaired) electrons. The summed E-state index contributed by atoms with van der Waals surface area (Å²) >= 11 is 0. The maximum absolute atomic E-state index is 13.9. The standard InChI is InChI=1S/C31H38N4O/c1-3-26-27(29(36)32-22-24-12-6-4-7-13-24)28(34-30(33-26)35-20-16-23(2)17-21-35)31(18-10-11-19-31)25-14-8-5-9-15-25/h4-9,12-15,23H,3,10-11,16-22H2,1-2H3,(H,32,36). The molecule has 1 amide bonds. The molecule has 0 unspecified atom stereocenters. The van der Waals surface area contributed by atoms with Crippen LogP contribution in [0.4, 0.5) is 5.95 Å². The Kier molecular flexibility index (Phi) is 7.35. The van der Waals surface area contributed by atoms with Gasteiger partial charge in [0.1, 0.15) is 0 Å². The van der Waals surface area contributed by atoms with Crippen LogP contribution in [0.15, 0.2) is 60.7 Å². The Hall–Kier alpha value is -3.21. The van der Waals surface area contributed by atoms with Gasteiger partial charge >= 0.3 is 0 Å². The molecule has 5 heteroatoms. The quantitative estimate of drug-likeness (QED) is 0.444. The Morgan fingerprint density at radius 3 is 2.25 bits per heavy atom. The summed E-state index contributed by atoms with van der Waals surface area (Å²) in [5, 5.41) is 3.19. The van der Waals surface area contributed by atoms with Gasteiger partial charge in [0.15, 0.2) is 0 Å². The molecule has 2 aromatic carbocycles. The summed E-state index contributed by atoms with van der Waals surface area (Å²) in [5.41, 5.74) is 4.57. The summed E-state index contributed by atoms with van der Waals surface area (Å²) in [5.74, 6) is 1.47. The van der Waals surface area contributed by atoms with Gasteiger partial charge in [0, 0.05) is 25.0 Å². The highest BCUT2D eigenvalue weighted by atomic mass is 16.1. The number of aryl methyl sites for hydroxylation is 1. The first kappa shape index (κ1) is 24.5. The maximum atomic E-state index is 13.9. The van der Waals surface area contributed by atoms with Crippen LogP contribution in [0, 0.1) is 5.92 Å². The molecular weight excluding hydrogens is 444 g/mol. The van der Waals surface area contributed by atoms with Gasteiger partial charge in [0.05, 0.1) is 17.0 Å². The van der Waals surface area contributed by atoms with Crippen molar-refractivity contribution in [2.45, 2.75) is 70.8 Å². The molecule has 1 saturated carbocycles. The van der Waals surface area contributed by atoms with Crippen molar-refractivity contribution in [3.05, 3.63) is 88.7 Å². The molecular formula is C31H38N4O. The van der Waals surface area contributed by atoms with Crippen LogP contribution in [0.5, 0.6) is 0 Å². The van der Waals surface area contributed by atoms with Gasteiger partial charge in [-0.05, 0) is 49.1 Å². The molecule has 1 N–H and O–H groups in total. The monoisotopic (exact) mass is 482 g/mol. The van der Waals surface area contributed by atoms with Gasteiger partial charge < -0.3 is 10.2 Å². The molecule has 5 nitrogen and oxygen atoms in total. The number of benzene rings is 2. The number of hydrogen-bond donors (Lipinski definition) is 1. The van der Waals surface area contributed by atoms with E-state index in [1.54, 1.807) is 0 Å². The summed E-state index contributed by atoms with van der Waals surface area (Å²) < 4.78 is 0. The van der Waals surface area contributed by atoms with Crippen molar-refractivity contribution in [1.29, 1.82) is 0 Å². The summed E-state index contributed by atoms with van der Waals surface area (Å²) in [7, 11) is 0. The third-order valence-electron chi connectivity index (χ3n) is 8.13. The molecule has 1 aliphatic carbocycles. The van der Waals surface area contributed by atoms with Crippen LogP contribution in [0.1, 0.15) is 85.2 Å². The fraction of sp³-hybridized carbons (Fsp3) is 0.452. The summed E-state index contributed by atoms with van der Waals surface area (Å²) in [6.07, 6.45) is 7.31. The number of aromatic nitrogens is 2. The van der Waals surface area contributed by atoms with Crippen molar-refractivity contribution in [2.24, 2.45) is 5.92 Å². The second-order valence-corrected chi connectivity index (χ2v) is 10.5. The molecule has 2 heterocycles. The molecule has 5 rings (SSSR count). The molecule has 1 saturated heterocycles. The topological polar surface area (TPSA) is 58.1 Å². The van der Waals surface area contributed by atoms with E-state index in [4.69, 9.17) is 9.97 Å². The number of carbonyl (C=O) groups excluding carboxylic acids is 1. The summed E-state index contributed by atoms with van der Waals surface area (Å²) in [6, 6.07) is 20.8. The molecule has 0 atom stereocenters. The van der Waals surface area contributed by atoms with E-state index in [0.717, 1.165) is 80.4 Å². The van der Waals surface area contributed by atoms with Crippen molar-refractivity contribution in [2.75, 3.05) is 18.0 Å². The van der Waals surface area contributed by atoms with E-state index < -0.39 is 0 Å². The number of hydrogen-bond acceptors (Lipinski definition) is 4. The lowest BCUT2D eigenvalue weighted by atomic mass is 9.73. The molecule has 2 aliphatic rings. The second kappa shape index (κ2) is 10.8. The van der Waals surface area contributed by atoms with Crippen LogP contribution >= 0.6 is 0 Å². The number of anilines is 1. The number of amides is 1. The first-order valence-corrected chi connectivity index (χ1v) is 13.6. The van der Waals surface area contributed by atoms with E-state index in [9.17, 15) is 4.79 Å². The van der Waals surface area contributed by atoms with E-state index in [0.29, 0.717) is 18.5 Å². The van der Waals surface area contributed by atoms with E-state index >= 15 is 0 Å². The summed E-state index contributed by atoms with van der Waals surface area (Å²) in [4.78, 5) is 26.5. The van der Waals surface area contributed by atoms with Crippen molar-refractivity contribution in [3.8, 4) is 0 Å². The third-order valence-corrected chi connectivity index (χ3v) is 8.13. The smallest absolute Gasteiger partial charge is 0.255 e. The molecule has 188 valence electrons. The van der Waals surface area contributed by atoms with Gasteiger partial charge in [-0.3, -0.25) is 4.79 Å². The zero-order valence-electron chi connectivity index (χ0n) is 21.7. The van der Waals surface area contributed by atoms with Crippen molar-refractivity contribution >= 4 is 11.9 Å². The first-order chi connectivity index (χ1) is 17.6. The lowest BCUT2D eigenvalue weighted by Crippen LogP contribution is -2.38. The minimum atomic E-state index is -0.259. The minimum Gasteiger partial charge on any atom is -0.348 e. The average molecular weight is 483 g/mol. The fourth-order valence-electron chi connectivity index (χ4n) is 5.95. The molecule has 0 bridgehead atoms.